The average Bonchev–Trinajstić information content (AvgIpc) is 2.87. The first-order valence-electron chi connectivity index (χ1n) is 6.02. The van der Waals surface area contributed by atoms with Gasteiger partial charge in [-0.25, -0.2) is 0 Å². The molecule has 0 unspecified atom stereocenters. The summed E-state index contributed by atoms with van der Waals surface area (Å²) in [6, 6.07) is 10.4. The summed E-state index contributed by atoms with van der Waals surface area (Å²) >= 11 is 1.84. The molecule has 0 radical (unpaired) electrons. The number of nitrogens with zero attached hydrogens (tertiary/aromatic N) is 4. The number of anilines is 1. The number of rotatable bonds is 1. The number of thioether (sulfide) groups is 1. The number of nitrogens with one attached hydrogen (secondary N) is 1. The van der Waals surface area contributed by atoms with Crippen molar-refractivity contribution in [2.24, 2.45) is 0 Å². The van der Waals surface area contributed by atoms with Crippen LogP contribution in [-0.2, 0) is 5.75 Å². The maximum Gasteiger partial charge on any atom is 0.245 e. The van der Waals surface area contributed by atoms with Crippen molar-refractivity contribution in [3.63, 3.8) is 0 Å². The summed E-state index contributed by atoms with van der Waals surface area (Å²) in [6.07, 6.45) is 0. The van der Waals surface area contributed by atoms with Gasteiger partial charge in [-0.05, 0) is 17.7 Å². The zero-order valence-corrected chi connectivity index (χ0v) is 11.1. The van der Waals surface area contributed by atoms with Crippen molar-refractivity contribution in [3.8, 4) is 11.3 Å². The third-order valence-electron chi connectivity index (χ3n) is 3.22. The quantitative estimate of drug-likeness (QED) is 0.735. The predicted octanol–water partition coefficient (Wildman–Crippen LogP) is 2.44. The summed E-state index contributed by atoms with van der Waals surface area (Å²) in [5.41, 5.74) is 4.21. The Morgan fingerprint density at radius 1 is 1.26 bits per heavy atom. The van der Waals surface area contributed by atoms with E-state index in [9.17, 15) is 0 Å². The average molecular weight is 269 g/mol. The fourth-order valence-corrected chi connectivity index (χ4v) is 3.33. The van der Waals surface area contributed by atoms with Crippen LogP contribution in [0.4, 0.5) is 5.95 Å². The lowest BCUT2D eigenvalue weighted by molar-refractivity contribution is 0.924. The van der Waals surface area contributed by atoms with E-state index in [4.69, 9.17) is 5.10 Å². The molecule has 94 valence electrons. The van der Waals surface area contributed by atoms with Gasteiger partial charge in [0.25, 0.3) is 0 Å². The topological polar surface area (TPSA) is 55.1 Å². The monoisotopic (exact) mass is 269 g/mol. The minimum absolute atomic E-state index is 0.661. The molecule has 0 aliphatic carbocycles. The van der Waals surface area contributed by atoms with Gasteiger partial charge in [0.15, 0.2) is 5.65 Å². The van der Waals surface area contributed by atoms with Gasteiger partial charge in [-0.3, -0.25) is 0 Å². The van der Waals surface area contributed by atoms with Gasteiger partial charge in [0.05, 0.1) is 5.69 Å². The first-order chi connectivity index (χ1) is 9.36. The number of fused-ring (bicyclic) bond motifs is 4. The summed E-state index contributed by atoms with van der Waals surface area (Å²) in [6.45, 7) is 0. The molecule has 4 rings (SSSR count). The van der Waals surface area contributed by atoms with E-state index < -0.39 is 0 Å². The minimum atomic E-state index is 0.661. The van der Waals surface area contributed by atoms with Gasteiger partial charge in [0.2, 0.25) is 5.95 Å². The first kappa shape index (κ1) is 10.8. The van der Waals surface area contributed by atoms with Crippen molar-refractivity contribution in [1.29, 1.82) is 0 Å². The molecule has 1 N–H and O–H groups in total. The Bertz CT molecular complexity index is 780. The SMILES string of the molecule is CNc1nnc2cc3c(nn12)-c1ccccc1SC3. The summed E-state index contributed by atoms with van der Waals surface area (Å²) in [7, 11) is 1.82. The van der Waals surface area contributed by atoms with Crippen molar-refractivity contribution in [2.45, 2.75) is 10.6 Å². The smallest absolute Gasteiger partial charge is 0.245 e. The Labute approximate surface area is 114 Å². The Morgan fingerprint density at radius 2 is 2.16 bits per heavy atom. The molecular formula is C13H11N5S. The Balaban J connectivity index is 2.03. The van der Waals surface area contributed by atoms with Crippen molar-refractivity contribution < 1.29 is 0 Å². The van der Waals surface area contributed by atoms with Crippen LogP contribution in [-0.4, -0.2) is 26.9 Å². The molecule has 0 bridgehead atoms. The van der Waals surface area contributed by atoms with Crippen LogP contribution in [0, 0.1) is 0 Å². The fourth-order valence-electron chi connectivity index (χ4n) is 2.31. The Hall–Kier alpha value is -2.08. The van der Waals surface area contributed by atoms with Gasteiger partial charge in [0.1, 0.15) is 0 Å². The van der Waals surface area contributed by atoms with E-state index in [-0.39, 0.29) is 0 Å². The maximum atomic E-state index is 4.70. The molecule has 19 heavy (non-hydrogen) atoms. The molecule has 1 aliphatic rings. The molecule has 3 heterocycles. The van der Waals surface area contributed by atoms with Crippen LogP contribution in [0.15, 0.2) is 35.2 Å². The summed E-state index contributed by atoms with van der Waals surface area (Å²) in [4.78, 5) is 1.28. The number of aromatic nitrogens is 4. The second-order valence-corrected chi connectivity index (χ2v) is 5.36. The van der Waals surface area contributed by atoms with Crippen LogP contribution < -0.4 is 5.32 Å². The van der Waals surface area contributed by atoms with Gasteiger partial charge >= 0.3 is 0 Å². The second-order valence-electron chi connectivity index (χ2n) is 4.35. The normalized spacial score (nSPS) is 13.1. The van der Waals surface area contributed by atoms with E-state index in [0.717, 1.165) is 17.1 Å². The van der Waals surface area contributed by atoms with Crippen LogP contribution >= 0.6 is 11.8 Å². The van der Waals surface area contributed by atoms with E-state index in [1.165, 1.54) is 16.0 Å². The highest BCUT2D eigenvalue weighted by Gasteiger charge is 2.20. The molecule has 6 heteroatoms. The van der Waals surface area contributed by atoms with Crippen LogP contribution in [0.5, 0.6) is 0 Å². The standard InChI is InChI=1S/C13H11N5S/c1-14-13-16-15-11-6-8-7-19-10-5-3-2-4-9(10)12(8)17-18(11)13/h2-6H,7H2,1H3,(H,14,16). The Morgan fingerprint density at radius 3 is 3.05 bits per heavy atom. The zero-order valence-electron chi connectivity index (χ0n) is 10.3. The lowest BCUT2D eigenvalue weighted by Crippen LogP contribution is -2.05. The number of benzene rings is 1. The predicted molar refractivity (Wildman–Crippen MR) is 75.3 cm³/mol. The van der Waals surface area contributed by atoms with Gasteiger partial charge in [-0.1, -0.05) is 18.2 Å². The molecule has 0 fully saturated rings. The van der Waals surface area contributed by atoms with Crippen LogP contribution in [0.25, 0.3) is 16.9 Å². The third-order valence-corrected chi connectivity index (χ3v) is 4.34. The van der Waals surface area contributed by atoms with Gasteiger partial charge < -0.3 is 5.32 Å². The van der Waals surface area contributed by atoms with Gasteiger partial charge in [-0.15, -0.1) is 22.0 Å². The lowest BCUT2D eigenvalue weighted by atomic mass is 10.1. The molecule has 0 spiro atoms. The molecule has 0 amide bonds. The molecule has 0 saturated heterocycles. The van der Waals surface area contributed by atoms with E-state index in [1.54, 1.807) is 4.52 Å². The molecule has 0 saturated carbocycles. The van der Waals surface area contributed by atoms with Crippen molar-refractivity contribution >= 4 is 23.4 Å². The summed E-state index contributed by atoms with van der Waals surface area (Å²) in [5.74, 6) is 1.59. The maximum absolute atomic E-state index is 4.70. The fraction of sp³-hybridized carbons (Fsp3) is 0.154. The van der Waals surface area contributed by atoms with Crippen molar-refractivity contribution in [1.82, 2.24) is 19.8 Å². The molecule has 1 aromatic carbocycles. The zero-order chi connectivity index (χ0) is 12.8. The van der Waals surface area contributed by atoms with Crippen LogP contribution in [0.1, 0.15) is 5.56 Å². The summed E-state index contributed by atoms with van der Waals surface area (Å²) in [5, 5.41) is 15.9. The molecule has 3 aromatic rings. The molecule has 5 nitrogen and oxygen atoms in total. The number of hydrogen-bond acceptors (Lipinski definition) is 5. The first-order valence-corrected chi connectivity index (χ1v) is 7.00. The highest BCUT2D eigenvalue weighted by Crippen LogP contribution is 2.40. The van der Waals surface area contributed by atoms with Gasteiger partial charge in [0, 0.05) is 23.3 Å². The van der Waals surface area contributed by atoms with E-state index in [1.807, 2.05) is 24.9 Å². The molecule has 0 atom stereocenters. The largest absolute Gasteiger partial charge is 0.356 e. The van der Waals surface area contributed by atoms with E-state index >= 15 is 0 Å². The van der Waals surface area contributed by atoms with Crippen LogP contribution in [0.3, 0.4) is 0 Å². The summed E-state index contributed by atoms with van der Waals surface area (Å²) < 4.78 is 1.76. The molecular weight excluding hydrogens is 258 g/mol. The van der Waals surface area contributed by atoms with Crippen molar-refractivity contribution in [2.75, 3.05) is 12.4 Å². The molecule has 1 aliphatic heterocycles. The minimum Gasteiger partial charge on any atom is -0.356 e. The van der Waals surface area contributed by atoms with Crippen molar-refractivity contribution in [3.05, 3.63) is 35.9 Å². The highest BCUT2D eigenvalue weighted by molar-refractivity contribution is 7.98. The number of hydrogen-bond donors (Lipinski definition) is 1. The Kier molecular flexibility index (Phi) is 2.25. The van der Waals surface area contributed by atoms with Gasteiger partial charge in [-0.2, -0.15) is 9.61 Å². The van der Waals surface area contributed by atoms with E-state index in [0.29, 0.717) is 5.95 Å². The lowest BCUT2D eigenvalue weighted by Gasteiger charge is -2.17. The highest BCUT2D eigenvalue weighted by atomic mass is 32.2. The second kappa shape index (κ2) is 3.96. The van der Waals surface area contributed by atoms with E-state index in [2.05, 4.69) is 39.8 Å². The van der Waals surface area contributed by atoms with Crippen LogP contribution in [0.2, 0.25) is 0 Å². The third kappa shape index (κ3) is 1.53. The molecule has 2 aromatic heterocycles.